The highest BCUT2D eigenvalue weighted by atomic mass is 79.9. The number of ether oxygens (including phenoxy) is 1. The van der Waals surface area contributed by atoms with E-state index < -0.39 is 0 Å². The van der Waals surface area contributed by atoms with Gasteiger partial charge in [-0.2, -0.15) is 0 Å². The fraction of sp³-hybridized carbons (Fsp3) is 0.467. The van der Waals surface area contributed by atoms with Crippen molar-refractivity contribution < 1.29 is 9.13 Å². The first-order valence-corrected chi connectivity index (χ1v) is 7.22. The smallest absolute Gasteiger partial charge is 0.127 e. The number of hydrogen-bond acceptors (Lipinski definition) is 2. The molecule has 0 saturated heterocycles. The van der Waals surface area contributed by atoms with Crippen LogP contribution in [0.25, 0.3) is 0 Å². The van der Waals surface area contributed by atoms with Crippen molar-refractivity contribution in [2.24, 2.45) is 0 Å². The van der Waals surface area contributed by atoms with E-state index in [1.165, 1.54) is 11.6 Å². The van der Waals surface area contributed by atoms with Gasteiger partial charge in [0.1, 0.15) is 5.82 Å². The average molecular weight is 330 g/mol. The number of benzene rings is 1. The molecular formula is C15H21BrFNO. The second-order valence-corrected chi connectivity index (χ2v) is 5.41. The van der Waals surface area contributed by atoms with Crippen LogP contribution < -0.4 is 5.32 Å². The molecule has 0 heterocycles. The van der Waals surface area contributed by atoms with Crippen molar-refractivity contribution in [3.05, 3.63) is 45.7 Å². The summed E-state index contributed by atoms with van der Waals surface area (Å²) in [6, 6.07) is 5.21. The van der Waals surface area contributed by atoms with Crippen LogP contribution in [0.15, 0.2) is 34.3 Å². The summed E-state index contributed by atoms with van der Waals surface area (Å²) in [6.07, 6.45) is 3.77. The zero-order valence-corrected chi connectivity index (χ0v) is 13.1. The molecule has 1 rings (SSSR count). The molecule has 0 spiro atoms. The Balaban J connectivity index is 2.35. The van der Waals surface area contributed by atoms with E-state index in [1.807, 2.05) is 19.1 Å². The van der Waals surface area contributed by atoms with Gasteiger partial charge in [-0.05, 0) is 44.0 Å². The van der Waals surface area contributed by atoms with E-state index in [2.05, 4.69) is 27.3 Å². The first-order chi connectivity index (χ1) is 9.13. The molecule has 4 heteroatoms. The molecule has 1 N–H and O–H groups in total. The lowest BCUT2D eigenvalue weighted by molar-refractivity contribution is 0.199. The SMILES string of the molecule is COCCNCCC=C(C)Cc1ccc(Br)cc1F. The minimum atomic E-state index is -0.152. The second kappa shape index (κ2) is 9.23. The Kier molecular flexibility index (Phi) is 7.94. The van der Waals surface area contributed by atoms with Crippen molar-refractivity contribution in [3.63, 3.8) is 0 Å². The zero-order valence-electron chi connectivity index (χ0n) is 11.5. The normalized spacial score (nSPS) is 11.9. The van der Waals surface area contributed by atoms with Crippen LogP contribution in [0.1, 0.15) is 18.9 Å². The number of rotatable bonds is 8. The van der Waals surface area contributed by atoms with Crippen LogP contribution in [0.4, 0.5) is 4.39 Å². The van der Waals surface area contributed by atoms with Gasteiger partial charge < -0.3 is 10.1 Å². The Morgan fingerprint density at radius 2 is 2.21 bits per heavy atom. The molecule has 0 aliphatic rings. The molecule has 1 aromatic rings. The van der Waals surface area contributed by atoms with Crippen molar-refractivity contribution in [2.45, 2.75) is 19.8 Å². The van der Waals surface area contributed by atoms with Gasteiger partial charge in [-0.1, -0.05) is 33.6 Å². The second-order valence-electron chi connectivity index (χ2n) is 4.49. The molecule has 0 aliphatic heterocycles. The maximum atomic E-state index is 13.7. The number of allylic oxidation sites excluding steroid dienone is 1. The van der Waals surface area contributed by atoms with E-state index >= 15 is 0 Å². The Morgan fingerprint density at radius 1 is 1.42 bits per heavy atom. The Labute approximate surface area is 123 Å². The minimum Gasteiger partial charge on any atom is -0.383 e. The summed E-state index contributed by atoms with van der Waals surface area (Å²) in [5.74, 6) is -0.152. The third kappa shape index (κ3) is 6.85. The fourth-order valence-corrected chi connectivity index (χ4v) is 2.09. The molecule has 19 heavy (non-hydrogen) atoms. The van der Waals surface area contributed by atoms with Crippen LogP contribution in [-0.2, 0) is 11.2 Å². The van der Waals surface area contributed by atoms with Gasteiger partial charge in [0, 0.05) is 18.1 Å². The summed E-state index contributed by atoms with van der Waals surface area (Å²) in [5.41, 5.74) is 1.93. The van der Waals surface area contributed by atoms with Crippen LogP contribution >= 0.6 is 15.9 Å². The third-order valence-corrected chi connectivity index (χ3v) is 3.27. The molecule has 0 saturated carbocycles. The summed E-state index contributed by atoms with van der Waals surface area (Å²) < 4.78 is 19.4. The summed E-state index contributed by atoms with van der Waals surface area (Å²) in [5, 5.41) is 3.27. The highest BCUT2D eigenvalue weighted by molar-refractivity contribution is 9.10. The molecule has 0 unspecified atom stereocenters. The standard InChI is InChI=1S/C15H21BrFNO/c1-12(4-3-7-18-8-9-19-2)10-13-5-6-14(16)11-15(13)17/h4-6,11,18H,3,7-10H2,1-2H3. The molecule has 0 bridgehead atoms. The van der Waals surface area contributed by atoms with E-state index in [1.54, 1.807) is 7.11 Å². The van der Waals surface area contributed by atoms with Gasteiger partial charge in [-0.3, -0.25) is 0 Å². The summed E-state index contributed by atoms with van der Waals surface area (Å²) in [6.45, 7) is 4.55. The van der Waals surface area contributed by atoms with Crippen molar-refractivity contribution in [1.29, 1.82) is 0 Å². The van der Waals surface area contributed by atoms with Gasteiger partial charge in [0.2, 0.25) is 0 Å². The maximum absolute atomic E-state index is 13.7. The molecule has 0 radical (unpaired) electrons. The largest absolute Gasteiger partial charge is 0.383 e. The zero-order chi connectivity index (χ0) is 14.1. The highest BCUT2D eigenvalue weighted by Crippen LogP contribution is 2.18. The van der Waals surface area contributed by atoms with Gasteiger partial charge in [-0.15, -0.1) is 0 Å². The highest BCUT2D eigenvalue weighted by Gasteiger charge is 2.03. The Bertz CT molecular complexity index is 421. The monoisotopic (exact) mass is 329 g/mol. The third-order valence-electron chi connectivity index (χ3n) is 2.78. The lowest BCUT2D eigenvalue weighted by Crippen LogP contribution is -2.19. The van der Waals surface area contributed by atoms with Crippen LogP contribution in [0.5, 0.6) is 0 Å². The molecule has 0 aliphatic carbocycles. The predicted molar refractivity (Wildman–Crippen MR) is 80.9 cm³/mol. The van der Waals surface area contributed by atoms with Crippen molar-refractivity contribution in [2.75, 3.05) is 26.8 Å². The van der Waals surface area contributed by atoms with Crippen LogP contribution in [0.3, 0.4) is 0 Å². The van der Waals surface area contributed by atoms with Gasteiger partial charge in [0.05, 0.1) is 6.61 Å². The molecule has 0 fully saturated rings. The first-order valence-electron chi connectivity index (χ1n) is 6.42. The van der Waals surface area contributed by atoms with E-state index in [-0.39, 0.29) is 5.82 Å². The summed E-state index contributed by atoms with van der Waals surface area (Å²) >= 11 is 3.26. The quantitative estimate of drug-likeness (QED) is 0.580. The Morgan fingerprint density at radius 3 is 2.89 bits per heavy atom. The van der Waals surface area contributed by atoms with E-state index in [9.17, 15) is 4.39 Å². The molecule has 2 nitrogen and oxygen atoms in total. The van der Waals surface area contributed by atoms with Gasteiger partial charge in [0.15, 0.2) is 0 Å². The van der Waals surface area contributed by atoms with E-state index in [0.29, 0.717) is 6.42 Å². The van der Waals surface area contributed by atoms with Gasteiger partial charge in [0.25, 0.3) is 0 Å². The van der Waals surface area contributed by atoms with Gasteiger partial charge >= 0.3 is 0 Å². The number of halogens is 2. The predicted octanol–water partition coefficient (Wildman–Crippen LogP) is 3.70. The molecule has 0 aromatic heterocycles. The lowest BCUT2D eigenvalue weighted by atomic mass is 10.1. The molecule has 1 aromatic carbocycles. The van der Waals surface area contributed by atoms with Crippen molar-refractivity contribution >= 4 is 15.9 Å². The van der Waals surface area contributed by atoms with Crippen LogP contribution in [-0.4, -0.2) is 26.8 Å². The molecule has 0 atom stereocenters. The molecule has 106 valence electrons. The number of nitrogens with one attached hydrogen (secondary N) is 1. The van der Waals surface area contributed by atoms with E-state index in [0.717, 1.165) is 36.2 Å². The Hall–Kier alpha value is -0.710. The number of hydrogen-bond donors (Lipinski definition) is 1. The molecule has 0 amide bonds. The van der Waals surface area contributed by atoms with Crippen molar-refractivity contribution in [1.82, 2.24) is 5.32 Å². The first kappa shape index (κ1) is 16.3. The summed E-state index contributed by atoms with van der Waals surface area (Å²) in [7, 11) is 1.69. The van der Waals surface area contributed by atoms with Crippen LogP contribution in [0.2, 0.25) is 0 Å². The lowest BCUT2D eigenvalue weighted by Gasteiger charge is -2.05. The minimum absolute atomic E-state index is 0.152. The number of methoxy groups -OCH3 is 1. The van der Waals surface area contributed by atoms with Gasteiger partial charge in [-0.25, -0.2) is 4.39 Å². The molecular weight excluding hydrogens is 309 g/mol. The van der Waals surface area contributed by atoms with Crippen molar-refractivity contribution in [3.8, 4) is 0 Å². The van der Waals surface area contributed by atoms with Crippen LogP contribution in [0, 0.1) is 5.82 Å². The average Bonchev–Trinajstić information content (AvgIpc) is 2.37. The topological polar surface area (TPSA) is 21.3 Å². The summed E-state index contributed by atoms with van der Waals surface area (Å²) in [4.78, 5) is 0. The maximum Gasteiger partial charge on any atom is 0.127 e. The van der Waals surface area contributed by atoms with E-state index in [4.69, 9.17) is 4.74 Å². The fourth-order valence-electron chi connectivity index (χ4n) is 1.76.